The highest BCUT2D eigenvalue weighted by molar-refractivity contribution is 7.08. The fourth-order valence-corrected chi connectivity index (χ4v) is 2.21. The van der Waals surface area contributed by atoms with Crippen molar-refractivity contribution in [1.29, 1.82) is 0 Å². The number of hydrogen-bond donors (Lipinski definition) is 2. The van der Waals surface area contributed by atoms with E-state index in [1.54, 1.807) is 17.4 Å². The lowest BCUT2D eigenvalue weighted by atomic mass is 10.0. The van der Waals surface area contributed by atoms with E-state index < -0.39 is 0 Å². The first-order valence-electron chi connectivity index (χ1n) is 4.86. The van der Waals surface area contributed by atoms with Crippen molar-refractivity contribution in [2.24, 2.45) is 5.73 Å². The maximum Gasteiger partial charge on any atom is 0.123 e. The van der Waals surface area contributed by atoms with Crippen LogP contribution in [0.2, 0.25) is 0 Å². The summed E-state index contributed by atoms with van der Waals surface area (Å²) >= 11 is 1.63. The van der Waals surface area contributed by atoms with Gasteiger partial charge in [0.25, 0.3) is 0 Å². The van der Waals surface area contributed by atoms with Gasteiger partial charge >= 0.3 is 0 Å². The maximum atomic E-state index is 9.75. The molecule has 2 nitrogen and oxygen atoms in total. The number of thiophene rings is 1. The standard InChI is InChI=1S/C12H13NOS/c13-5-3-9-1-2-12(14)11(7-9)10-4-6-15-8-10/h1-2,4,6-8,14H,3,5,13H2. The predicted molar refractivity (Wildman–Crippen MR) is 64.2 cm³/mol. The Kier molecular flexibility index (Phi) is 3.04. The van der Waals surface area contributed by atoms with E-state index in [9.17, 15) is 5.11 Å². The summed E-state index contributed by atoms with van der Waals surface area (Å²) in [6, 6.07) is 7.66. The molecule has 0 atom stereocenters. The van der Waals surface area contributed by atoms with Gasteiger partial charge in [-0.25, -0.2) is 0 Å². The molecule has 0 saturated heterocycles. The smallest absolute Gasteiger partial charge is 0.123 e. The molecule has 78 valence electrons. The summed E-state index contributed by atoms with van der Waals surface area (Å²) < 4.78 is 0. The number of benzene rings is 1. The third-order valence-electron chi connectivity index (χ3n) is 2.33. The van der Waals surface area contributed by atoms with Crippen molar-refractivity contribution in [1.82, 2.24) is 0 Å². The molecule has 0 aliphatic carbocycles. The van der Waals surface area contributed by atoms with Gasteiger partial charge in [0.2, 0.25) is 0 Å². The minimum atomic E-state index is 0.328. The van der Waals surface area contributed by atoms with Crippen molar-refractivity contribution in [2.75, 3.05) is 6.54 Å². The van der Waals surface area contributed by atoms with Gasteiger partial charge in [-0.1, -0.05) is 6.07 Å². The van der Waals surface area contributed by atoms with E-state index in [0.717, 1.165) is 23.1 Å². The van der Waals surface area contributed by atoms with Crippen molar-refractivity contribution in [3.8, 4) is 16.9 Å². The van der Waals surface area contributed by atoms with Crippen LogP contribution in [0.1, 0.15) is 5.56 Å². The van der Waals surface area contributed by atoms with Crippen molar-refractivity contribution in [3.05, 3.63) is 40.6 Å². The first-order valence-corrected chi connectivity index (χ1v) is 5.80. The van der Waals surface area contributed by atoms with Gasteiger partial charge in [-0.2, -0.15) is 11.3 Å². The number of hydrogen-bond acceptors (Lipinski definition) is 3. The van der Waals surface area contributed by atoms with Crippen molar-refractivity contribution in [2.45, 2.75) is 6.42 Å². The van der Waals surface area contributed by atoms with Crippen molar-refractivity contribution in [3.63, 3.8) is 0 Å². The van der Waals surface area contributed by atoms with Gasteiger partial charge in [0, 0.05) is 5.56 Å². The minimum absolute atomic E-state index is 0.328. The fourth-order valence-electron chi connectivity index (χ4n) is 1.55. The normalized spacial score (nSPS) is 10.5. The molecule has 3 N–H and O–H groups in total. The zero-order valence-electron chi connectivity index (χ0n) is 8.31. The average molecular weight is 219 g/mol. The molecule has 15 heavy (non-hydrogen) atoms. The Balaban J connectivity index is 2.41. The summed E-state index contributed by atoms with van der Waals surface area (Å²) in [6.45, 7) is 0.633. The average Bonchev–Trinajstić information content (AvgIpc) is 2.74. The summed E-state index contributed by atoms with van der Waals surface area (Å²) in [4.78, 5) is 0. The van der Waals surface area contributed by atoms with E-state index in [1.807, 2.05) is 29.0 Å². The number of nitrogens with two attached hydrogens (primary N) is 1. The molecule has 0 bridgehead atoms. The Bertz CT molecular complexity index is 437. The Morgan fingerprint density at radius 1 is 1.27 bits per heavy atom. The summed E-state index contributed by atoms with van der Waals surface area (Å²) in [5, 5.41) is 13.8. The van der Waals surface area contributed by atoms with Crippen LogP contribution in [0.15, 0.2) is 35.0 Å². The van der Waals surface area contributed by atoms with Gasteiger partial charge in [-0.05, 0) is 53.1 Å². The predicted octanol–water partition coefficient (Wildman–Crippen LogP) is 2.62. The molecule has 1 heterocycles. The van der Waals surface area contributed by atoms with Crippen LogP contribution >= 0.6 is 11.3 Å². The van der Waals surface area contributed by atoms with E-state index in [-0.39, 0.29) is 0 Å². The van der Waals surface area contributed by atoms with E-state index in [0.29, 0.717) is 12.3 Å². The van der Waals surface area contributed by atoms with Gasteiger partial charge < -0.3 is 10.8 Å². The fraction of sp³-hybridized carbons (Fsp3) is 0.167. The lowest BCUT2D eigenvalue weighted by Crippen LogP contribution is -2.02. The molecule has 3 heteroatoms. The highest BCUT2D eigenvalue weighted by atomic mass is 32.1. The van der Waals surface area contributed by atoms with Crippen LogP contribution in [0.3, 0.4) is 0 Å². The minimum Gasteiger partial charge on any atom is -0.507 e. The first kappa shape index (κ1) is 10.2. The summed E-state index contributed by atoms with van der Waals surface area (Å²) in [5.41, 5.74) is 8.63. The molecule has 1 aromatic heterocycles. The Hall–Kier alpha value is -1.32. The highest BCUT2D eigenvalue weighted by Gasteiger charge is 2.05. The summed E-state index contributed by atoms with van der Waals surface area (Å²) in [6.07, 6.45) is 0.845. The van der Waals surface area contributed by atoms with Crippen LogP contribution in [0, 0.1) is 0 Å². The SMILES string of the molecule is NCCc1ccc(O)c(-c2ccsc2)c1. The van der Waals surface area contributed by atoms with E-state index in [2.05, 4.69) is 0 Å². The topological polar surface area (TPSA) is 46.2 Å². The number of phenolic OH excluding ortho intramolecular Hbond substituents is 1. The lowest BCUT2D eigenvalue weighted by Gasteiger charge is -2.05. The largest absolute Gasteiger partial charge is 0.507 e. The molecule has 0 unspecified atom stereocenters. The molecule has 0 aliphatic heterocycles. The Morgan fingerprint density at radius 2 is 2.13 bits per heavy atom. The number of rotatable bonds is 3. The van der Waals surface area contributed by atoms with Crippen LogP contribution in [0.4, 0.5) is 0 Å². The highest BCUT2D eigenvalue weighted by Crippen LogP contribution is 2.31. The molecule has 2 aromatic rings. The van der Waals surface area contributed by atoms with Gasteiger partial charge in [0.05, 0.1) is 0 Å². The number of aromatic hydroxyl groups is 1. The lowest BCUT2D eigenvalue weighted by molar-refractivity contribution is 0.477. The molecule has 0 radical (unpaired) electrons. The molecule has 0 fully saturated rings. The third kappa shape index (κ3) is 2.19. The van der Waals surface area contributed by atoms with Gasteiger partial charge in [0.1, 0.15) is 5.75 Å². The quantitative estimate of drug-likeness (QED) is 0.833. The molecule has 0 spiro atoms. The maximum absolute atomic E-state index is 9.75. The Morgan fingerprint density at radius 3 is 2.80 bits per heavy atom. The molecule has 2 rings (SSSR count). The second-order valence-electron chi connectivity index (χ2n) is 3.40. The summed E-state index contributed by atoms with van der Waals surface area (Å²) in [5.74, 6) is 0.328. The third-order valence-corrected chi connectivity index (χ3v) is 3.01. The summed E-state index contributed by atoms with van der Waals surface area (Å²) in [7, 11) is 0. The second kappa shape index (κ2) is 4.47. The number of phenols is 1. The zero-order chi connectivity index (χ0) is 10.7. The molecular weight excluding hydrogens is 206 g/mol. The zero-order valence-corrected chi connectivity index (χ0v) is 9.13. The van der Waals surface area contributed by atoms with E-state index in [1.165, 1.54) is 0 Å². The van der Waals surface area contributed by atoms with E-state index in [4.69, 9.17) is 5.73 Å². The monoisotopic (exact) mass is 219 g/mol. The van der Waals surface area contributed by atoms with Crippen molar-refractivity contribution < 1.29 is 5.11 Å². The molecule has 1 aromatic carbocycles. The van der Waals surface area contributed by atoms with Crippen LogP contribution in [0.25, 0.3) is 11.1 Å². The molecule has 0 saturated carbocycles. The van der Waals surface area contributed by atoms with Crippen LogP contribution in [0.5, 0.6) is 5.75 Å². The van der Waals surface area contributed by atoms with Crippen LogP contribution in [-0.2, 0) is 6.42 Å². The molecular formula is C12H13NOS. The molecule has 0 amide bonds. The molecule has 0 aliphatic rings. The van der Waals surface area contributed by atoms with Gasteiger partial charge in [0.15, 0.2) is 0 Å². The second-order valence-corrected chi connectivity index (χ2v) is 4.18. The van der Waals surface area contributed by atoms with Crippen LogP contribution in [-0.4, -0.2) is 11.7 Å². The first-order chi connectivity index (χ1) is 7.31. The van der Waals surface area contributed by atoms with Crippen molar-refractivity contribution >= 4 is 11.3 Å². The van der Waals surface area contributed by atoms with Gasteiger partial charge in [-0.15, -0.1) is 0 Å². The Labute approximate surface area is 93.0 Å². The van der Waals surface area contributed by atoms with Gasteiger partial charge in [-0.3, -0.25) is 0 Å². The van der Waals surface area contributed by atoms with Crippen LogP contribution < -0.4 is 5.73 Å². The van der Waals surface area contributed by atoms with E-state index >= 15 is 0 Å².